The molecule has 3 aromatic rings. The maximum atomic E-state index is 13.5. The van der Waals surface area contributed by atoms with E-state index in [4.69, 9.17) is 4.74 Å². The summed E-state index contributed by atoms with van der Waals surface area (Å²) in [7, 11) is 0. The number of rotatable bonds is 6. The summed E-state index contributed by atoms with van der Waals surface area (Å²) in [6.45, 7) is -0.375. The molecule has 1 saturated heterocycles. The molecule has 0 N–H and O–H groups in total. The normalized spacial score (nSPS) is 25.9. The standard InChI is InChI=1S/C30H24BrNO5/c31-21-10-6-18(7-11-21)25(33)16-37-30(36)19-8-12-22(13-9-19)32-28(34)26-20-14-23(17-4-2-1-3-5-17)24(15-20)27(26)29(32)35/h1-13,20,23-24,26-27H,14-16H2/t20-,23+,24-,26+,27+/m0/s1. The Hall–Kier alpha value is -3.58. The predicted octanol–water partition coefficient (Wildman–Crippen LogP) is 5.42. The zero-order valence-corrected chi connectivity index (χ0v) is 21.5. The molecule has 6 rings (SSSR count). The third-order valence-electron chi connectivity index (χ3n) is 8.11. The number of hydrogen-bond donors (Lipinski definition) is 0. The highest BCUT2D eigenvalue weighted by Gasteiger charge is 2.64. The molecule has 0 radical (unpaired) electrons. The molecule has 186 valence electrons. The van der Waals surface area contributed by atoms with Crippen molar-refractivity contribution >= 4 is 45.2 Å². The first-order valence-corrected chi connectivity index (χ1v) is 13.2. The topological polar surface area (TPSA) is 80.8 Å². The van der Waals surface area contributed by atoms with Crippen LogP contribution < -0.4 is 4.90 Å². The molecule has 5 atom stereocenters. The van der Waals surface area contributed by atoms with E-state index in [1.54, 1.807) is 36.4 Å². The number of Topliss-reactive ketones (excluding diaryl/α,β-unsaturated/α-hetero) is 1. The Kier molecular flexibility index (Phi) is 6.03. The van der Waals surface area contributed by atoms with Gasteiger partial charge in [-0.05, 0) is 72.6 Å². The van der Waals surface area contributed by atoms with Gasteiger partial charge in [0.15, 0.2) is 12.4 Å². The van der Waals surface area contributed by atoms with Crippen molar-refractivity contribution in [1.29, 1.82) is 0 Å². The lowest BCUT2D eigenvalue weighted by Crippen LogP contribution is -2.33. The lowest BCUT2D eigenvalue weighted by molar-refractivity contribution is -0.123. The Bertz CT molecular complexity index is 1390. The first-order chi connectivity index (χ1) is 17.9. The second-order valence-electron chi connectivity index (χ2n) is 10.0. The van der Waals surface area contributed by atoms with Crippen LogP contribution in [0.25, 0.3) is 0 Å². The quantitative estimate of drug-likeness (QED) is 0.230. The van der Waals surface area contributed by atoms with Gasteiger partial charge in [0.25, 0.3) is 0 Å². The predicted molar refractivity (Wildman–Crippen MR) is 140 cm³/mol. The molecule has 37 heavy (non-hydrogen) atoms. The van der Waals surface area contributed by atoms with Crippen LogP contribution in [0.3, 0.4) is 0 Å². The number of ketones is 1. The van der Waals surface area contributed by atoms with E-state index in [1.807, 2.05) is 18.2 Å². The zero-order chi connectivity index (χ0) is 25.7. The molecule has 3 aromatic carbocycles. The lowest BCUT2D eigenvalue weighted by Gasteiger charge is -2.28. The maximum Gasteiger partial charge on any atom is 0.338 e. The largest absolute Gasteiger partial charge is 0.454 e. The summed E-state index contributed by atoms with van der Waals surface area (Å²) >= 11 is 3.32. The zero-order valence-electron chi connectivity index (χ0n) is 19.9. The number of hydrogen-bond acceptors (Lipinski definition) is 5. The molecule has 3 fully saturated rings. The van der Waals surface area contributed by atoms with Crippen LogP contribution in [0.4, 0.5) is 5.69 Å². The highest BCUT2D eigenvalue weighted by molar-refractivity contribution is 9.10. The summed E-state index contributed by atoms with van der Waals surface area (Å²) in [6, 6.07) is 23.3. The van der Waals surface area contributed by atoms with Crippen molar-refractivity contribution in [3.63, 3.8) is 0 Å². The van der Waals surface area contributed by atoms with Gasteiger partial charge in [0.05, 0.1) is 23.1 Å². The minimum atomic E-state index is -0.642. The van der Waals surface area contributed by atoms with E-state index in [0.29, 0.717) is 17.2 Å². The molecule has 0 spiro atoms. The number of anilines is 1. The molecule has 2 aliphatic carbocycles. The van der Waals surface area contributed by atoms with E-state index in [2.05, 4.69) is 28.1 Å². The molecule has 2 amide bonds. The number of carbonyl (C=O) groups is 4. The van der Waals surface area contributed by atoms with Crippen LogP contribution in [0, 0.1) is 23.7 Å². The molecule has 0 unspecified atom stereocenters. The number of carbonyl (C=O) groups excluding carboxylic acids is 4. The summed E-state index contributed by atoms with van der Waals surface area (Å²) < 4.78 is 6.04. The fourth-order valence-corrected chi connectivity index (χ4v) is 6.74. The highest BCUT2D eigenvalue weighted by atomic mass is 79.9. The van der Waals surface area contributed by atoms with Crippen LogP contribution in [-0.2, 0) is 14.3 Å². The lowest BCUT2D eigenvalue weighted by atomic mass is 9.73. The molecule has 3 aliphatic rings. The van der Waals surface area contributed by atoms with Crippen molar-refractivity contribution in [2.75, 3.05) is 11.5 Å². The Labute approximate surface area is 222 Å². The van der Waals surface area contributed by atoms with Crippen molar-refractivity contribution in [2.45, 2.75) is 18.8 Å². The number of imide groups is 1. The van der Waals surface area contributed by atoms with Crippen molar-refractivity contribution in [3.05, 3.63) is 100 Å². The van der Waals surface area contributed by atoms with E-state index < -0.39 is 5.97 Å². The van der Waals surface area contributed by atoms with Crippen molar-refractivity contribution in [1.82, 2.24) is 0 Å². The van der Waals surface area contributed by atoms with Crippen LogP contribution in [0.2, 0.25) is 0 Å². The molecule has 1 aliphatic heterocycles. The molecule has 6 nitrogen and oxygen atoms in total. The third-order valence-corrected chi connectivity index (χ3v) is 8.63. The Morgan fingerprint density at radius 3 is 2.16 bits per heavy atom. The summed E-state index contributed by atoms with van der Waals surface area (Å²) in [5, 5.41) is 0. The van der Waals surface area contributed by atoms with E-state index in [9.17, 15) is 19.2 Å². The van der Waals surface area contributed by atoms with Gasteiger partial charge in [-0.2, -0.15) is 0 Å². The average Bonchev–Trinajstić information content (AvgIpc) is 3.59. The minimum Gasteiger partial charge on any atom is -0.454 e. The molecule has 7 heteroatoms. The van der Waals surface area contributed by atoms with Gasteiger partial charge in [0.1, 0.15) is 0 Å². The van der Waals surface area contributed by atoms with E-state index in [-0.39, 0.29) is 53.4 Å². The summed E-state index contributed by atoms with van der Waals surface area (Å²) in [5.41, 5.74) is 2.40. The number of benzene rings is 3. The fourth-order valence-electron chi connectivity index (χ4n) is 6.48. The van der Waals surface area contributed by atoms with E-state index in [1.165, 1.54) is 22.6 Å². The fraction of sp³-hybridized carbons (Fsp3) is 0.267. The SMILES string of the molecule is O=C(COC(=O)c1ccc(N2C(=O)[C@@H]3[C@@H]4C[C@H]([C@H]3C2=O)[C@@H](c2ccccc2)C4)cc1)c1ccc(Br)cc1. The van der Waals surface area contributed by atoms with Crippen molar-refractivity contribution in [2.24, 2.45) is 23.7 Å². The molecular formula is C30H24BrNO5. The summed E-state index contributed by atoms with van der Waals surface area (Å²) in [6.07, 6.45) is 1.86. The van der Waals surface area contributed by atoms with Crippen LogP contribution in [0.5, 0.6) is 0 Å². The Morgan fingerprint density at radius 2 is 1.46 bits per heavy atom. The summed E-state index contributed by atoms with van der Waals surface area (Å²) in [5.74, 6) is -1.06. The van der Waals surface area contributed by atoms with Gasteiger partial charge in [0.2, 0.25) is 11.8 Å². The Balaban J connectivity index is 1.13. The van der Waals surface area contributed by atoms with Gasteiger partial charge >= 0.3 is 5.97 Å². The van der Waals surface area contributed by atoms with Gasteiger partial charge in [0, 0.05) is 10.0 Å². The first-order valence-electron chi connectivity index (χ1n) is 12.4. The maximum absolute atomic E-state index is 13.5. The average molecular weight is 558 g/mol. The monoisotopic (exact) mass is 557 g/mol. The second-order valence-corrected chi connectivity index (χ2v) is 10.9. The highest BCUT2D eigenvalue weighted by Crippen LogP contribution is 2.61. The van der Waals surface area contributed by atoms with Gasteiger partial charge in [-0.15, -0.1) is 0 Å². The number of nitrogens with zero attached hydrogens (tertiary/aromatic N) is 1. The van der Waals surface area contributed by atoms with Crippen LogP contribution in [-0.4, -0.2) is 30.2 Å². The number of ether oxygens (including phenoxy) is 1. The summed E-state index contributed by atoms with van der Waals surface area (Å²) in [4.78, 5) is 52.9. The number of fused-ring (bicyclic) bond motifs is 5. The minimum absolute atomic E-state index is 0.135. The number of amides is 2. The van der Waals surface area contributed by atoms with Crippen molar-refractivity contribution < 1.29 is 23.9 Å². The van der Waals surface area contributed by atoms with Gasteiger partial charge in [-0.3, -0.25) is 19.3 Å². The molecule has 2 bridgehead atoms. The van der Waals surface area contributed by atoms with Crippen LogP contribution in [0.1, 0.15) is 45.0 Å². The molecular weight excluding hydrogens is 534 g/mol. The smallest absolute Gasteiger partial charge is 0.338 e. The van der Waals surface area contributed by atoms with Gasteiger partial charge in [-0.1, -0.05) is 58.4 Å². The van der Waals surface area contributed by atoms with E-state index in [0.717, 1.165) is 17.3 Å². The molecule has 0 aromatic heterocycles. The van der Waals surface area contributed by atoms with Crippen LogP contribution >= 0.6 is 15.9 Å². The second kappa shape index (κ2) is 9.38. The Morgan fingerprint density at radius 1 is 0.811 bits per heavy atom. The molecule has 1 heterocycles. The van der Waals surface area contributed by atoms with Crippen molar-refractivity contribution in [3.8, 4) is 0 Å². The van der Waals surface area contributed by atoms with Gasteiger partial charge < -0.3 is 4.74 Å². The first kappa shape index (κ1) is 23.8. The number of esters is 1. The molecule has 2 saturated carbocycles. The van der Waals surface area contributed by atoms with E-state index >= 15 is 0 Å². The number of halogens is 1. The third kappa shape index (κ3) is 4.11. The van der Waals surface area contributed by atoms with Gasteiger partial charge in [-0.25, -0.2) is 4.79 Å². The van der Waals surface area contributed by atoms with Crippen LogP contribution in [0.15, 0.2) is 83.3 Å².